The van der Waals surface area contributed by atoms with Crippen molar-refractivity contribution in [1.29, 1.82) is 0 Å². The lowest BCUT2D eigenvalue weighted by atomic mass is 10.4. The molecule has 0 aliphatic heterocycles. The molecule has 1 saturated carbocycles. The molecule has 0 atom stereocenters. The van der Waals surface area contributed by atoms with Crippen LogP contribution in [0.2, 0.25) is 0 Å². The van der Waals surface area contributed by atoms with Gasteiger partial charge in [-0.2, -0.15) is 0 Å². The number of carbonyl (C=O) groups excluding carboxylic acids is 1. The number of sulfonamides is 1. The molecule has 0 aromatic rings. The molecule has 1 aliphatic carbocycles. The first-order valence-electron chi connectivity index (χ1n) is 3.77. The third kappa shape index (κ3) is 3.68. The smallest absolute Gasteiger partial charge is 0.223 e. The number of rotatable bonds is 4. The second-order valence-electron chi connectivity index (χ2n) is 2.93. The summed E-state index contributed by atoms with van der Waals surface area (Å²) in [5, 5.41) is 7.24. The molecule has 0 unspecified atom stereocenters. The molecule has 1 rings (SSSR count). The zero-order valence-electron chi connectivity index (χ0n) is 6.62. The minimum absolute atomic E-state index is 0.0568. The van der Waals surface area contributed by atoms with Crippen LogP contribution in [-0.4, -0.2) is 26.6 Å². The van der Waals surface area contributed by atoms with E-state index in [4.69, 9.17) is 5.14 Å². The average molecular weight is 192 g/mol. The molecule has 5 nitrogen and oxygen atoms in total. The van der Waals surface area contributed by atoms with E-state index in [0.717, 1.165) is 12.8 Å². The highest BCUT2D eigenvalue weighted by Crippen LogP contribution is 2.28. The SMILES string of the molecule is NS(=O)(=O)CCNC(=O)C1CC1. The van der Waals surface area contributed by atoms with E-state index in [1.807, 2.05) is 0 Å². The highest BCUT2D eigenvalue weighted by Gasteiger charge is 2.29. The van der Waals surface area contributed by atoms with E-state index in [-0.39, 0.29) is 24.1 Å². The minimum atomic E-state index is -3.44. The first-order valence-corrected chi connectivity index (χ1v) is 5.49. The molecule has 6 heteroatoms. The largest absolute Gasteiger partial charge is 0.355 e. The van der Waals surface area contributed by atoms with Crippen molar-refractivity contribution < 1.29 is 13.2 Å². The summed E-state index contributed by atoms with van der Waals surface area (Å²) in [6, 6.07) is 0. The third-order valence-corrected chi connectivity index (χ3v) is 2.41. The second kappa shape index (κ2) is 3.40. The number of nitrogens with one attached hydrogen (secondary N) is 1. The van der Waals surface area contributed by atoms with Gasteiger partial charge < -0.3 is 5.32 Å². The average Bonchev–Trinajstić information content (AvgIpc) is 2.64. The molecule has 0 heterocycles. The summed E-state index contributed by atoms with van der Waals surface area (Å²) in [5.74, 6) is -0.130. The Morgan fingerprint density at radius 1 is 1.50 bits per heavy atom. The fraction of sp³-hybridized carbons (Fsp3) is 0.833. The van der Waals surface area contributed by atoms with Crippen LogP contribution in [0.1, 0.15) is 12.8 Å². The summed E-state index contributed by atoms with van der Waals surface area (Å²) in [6.45, 7) is 0.119. The molecule has 0 saturated heterocycles. The molecule has 1 fully saturated rings. The molecule has 0 aromatic heterocycles. The van der Waals surface area contributed by atoms with Crippen molar-refractivity contribution in [3.05, 3.63) is 0 Å². The Morgan fingerprint density at radius 3 is 2.50 bits per heavy atom. The molecular weight excluding hydrogens is 180 g/mol. The normalized spacial score (nSPS) is 17.4. The summed E-state index contributed by atoms with van der Waals surface area (Å²) >= 11 is 0. The van der Waals surface area contributed by atoms with Crippen molar-refractivity contribution in [1.82, 2.24) is 5.32 Å². The van der Waals surface area contributed by atoms with Crippen molar-refractivity contribution in [2.24, 2.45) is 11.1 Å². The predicted molar refractivity (Wildman–Crippen MR) is 43.7 cm³/mol. The van der Waals surface area contributed by atoms with Gasteiger partial charge >= 0.3 is 0 Å². The molecule has 0 radical (unpaired) electrons. The number of hydrogen-bond acceptors (Lipinski definition) is 3. The van der Waals surface area contributed by atoms with E-state index in [1.165, 1.54) is 0 Å². The summed E-state index contributed by atoms with van der Waals surface area (Å²) in [7, 11) is -3.44. The quantitative estimate of drug-likeness (QED) is 0.586. The molecule has 0 aromatic carbocycles. The van der Waals surface area contributed by atoms with Gasteiger partial charge in [0.05, 0.1) is 5.75 Å². The molecule has 0 spiro atoms. The monoisotopic (exact) mass is 192 g/mol. The molecule has 0 bridgehead atoms. The van der Waals surface area contributed by atoms with Crippen molar-refractivity contribution in [3.63, 3.8) is 0 Å². The van der Waals surface area contributed by atoms with Gasteiger partial charge in [0.2, 0.25) is 15.9 Å². The molecule has 3 N–H and O–H groups in total. The zero-order valence-corrected chi connectivity index (χ0v) is 7.43. The Kier molecular flexibility index (Phi) is 2.69. The van der Waals surface area contributed by atoms with Crippen molar-refractivity contribution >= 4 is 15.9 Å². The first-order chi connectivity index (χ1) is 5.49. The van der Waals surface area contributed by atoms with Crippen molar-refractivity contribution in [2.75, 3.05) is 12.3 Å². The number of primary sulfonamides is 1. The van der Waals surface area contributed by atoms with Crippen LogP contribution in [0.4, 0.5) is 0 Å². The van der Waals surface area contributed by atoms with Crippen LogP contribution < -0.4 is 10.5 Å². The minimum Gasteiger partial charge on any atom is -0.355 e. The summed E-state index contributed by atoms with van der Waals surface area (Å²) < 4.78 is 20.8. The number of carbonyl (C=O) groups is 1. The molecule has 12 heavy (non-hydrogen) atoms. The Hall–Kier alpha value is -0.620. The van der Waals surface area contributed by atoms with E-state index in [9.17, 15) is 13.2 Å². The van der Waals surface area contributed by atoms with Gasteiger partial charge in [0.25, 0.3) is 0 Å². The predicted octanol–water partition coefficient (Wildman–Crippen LogP) is -1.20. The van der Waals surface area contributed by atoms with E-state index in [0.29, 0.717) is 0 Å². The van der Waals surface area contributed by atoms with Gasteiger partial charge in [0, 0.05) is 12.5 Å². The maximum absolute atomic E-state index is 10.9. The maximum Gasteiger partial charge on any atom is 0.223 e. The van der Waals surface area contributed by atoms with Crippen LogP contribution in [0.25, 0.3) is 0 Å². The van der Waals surface area contributed by atoms with Crippen LogP contribution in [-0.2, 0) is 14.8 Å². The van der Waals surface area contributed by atoms with Gasteiger partial charge in [0.15, 0.2) is 0 Å². The van der Waals surface area contributed by atoms with Crippen molar-refractivity contribution in [3.8, 4) is 0 Å². The summed E-state index contributed by atoms with van der Waals surface area (Å²) in [6.07, 6.45) is 1.84. The van der Waals surface area contributed by atoms with Gasteiger partial charge in [-0.1, -0.05) is 0 Å². The lowest BCUT2D eigenvalue weighted by Crippen LogP contribution is -2.32. The number of nitrogens with two attached hydrogens (primary N) is 1. The van der Waals surface area contributed by atoms with E-state index < -0.39 is 10.0 Å². The van der Waals surface area contributed by atoms with Gasteiger partial charge in [-0.05, 0) is 12.8 Å². The molecule has 1 aliphatic rings. The fourth-order valence-electron chi connectivity index (χ4n) is 0.806. The Balaban J connectivity index is 2.13. The van der Waals surface area contributed by atoms with E-state index >= 15 is 0 Å². The van der Waals surface area contributed by atoms with Crippen LogP contribution in [0.3, 0.4) is 0 Å². The maximum atomic E-state index is 10.9. The Labute approximate surface area is 71.4 Å². The third-order valence-electron chi connectivity index (χ3n) is 1.63. The zero-order chi connectivity index (χ0) is 9.19. The van der Waals surface area contributed by atoms with E-state index in [1.54, 1.807) is 0 Å². The van der Waals surface area contributed by atoms with Gasteiger partial charge in [-0.25, -0.2) is 13.6 Å². The topological polar surface area (TPSA) is 89.3 Å². The number of hydrogen-bond donors (Lipinski definition) is 2. The standard InChI is InChI=1S/C6H12N2O3S/c7-12(10,11)4-3-8-6(9)5-1-2-5/h5H,1-4H2,(H,8,9)(H2,7,10,11). The van der Waals surface area contributed by atoms with E-state index in [2.05, 4.69) is 5.32 Å². The van der Waals surface area contributed by atoms with Gasteiger partial charge in [-0.3, -0.25) is 4.79 Å². The highest BCUT2D eigenvalue weighted by molar-refractivity contribution is 7.89. The molecule has 1 amide bonds. The van der Waals surface area contributed by atoms with Gasteiger partial charge in [-0.15, -0.1) is 0 Å². The first kappa shape index (κ1) is 9.47. The van der Waals surface area contributed by atoms with Crippen LogP contribution >= 0.6 is 0 Å². The molecular formula is C6H12N2O3S. The second-order valence-corrected chi connectivity index (χ2v) is 4.67. The Morgan fingerprint density at radius 2 is 2.08 bits per heavy atom. The lowest BCUT2D eigenvalue weighted by molar-refractivity contribution is -0.122. The van der Waals surface area contributed by atoms with Gasteiger partial charge in [0.1, 0.15) is 0 Å². The Bertz CT molecular complexity index is 269. The van der Waals surface area contributed by atoms with Crippen LogP contribution in [0.5, 0.6) is 0 Å². The van der Waals surface area contributed by atoms with Crippen LogP contribution in [0, 0.1) is 5.92 Å². The van der Waals surface area contributed by atoms with Crippen LogP contribution in [0.15, 0.2) is 0 Å². The summed E-state index contributed by atoms with van der Waals surface area (Å²) in [4.78, 5) is 10.9. The summed E-state index contributed by atoms with van der Waals surface area (Å²) in [5.41, 5.74) is 0. The molecule has 70 valence electrons. The fourth-order valence-corrected chi connectivity index (χ4v) is 1.19. The highest BCUT2D eigenvalue weighted by atomic mass is 32.2. The number of amides is 1. The lowest BCUT2D eigenvalue weighted by Gasteiger charge is -2.01. The van der Waals surface area contributed by atoms with Crippen molar-refractivity contribution in [2.45, 2.75) is 12.8 Å².